The van der Waals surface area contributed by atoms with Gasteiger partial charge in [-0.05, 0) is 37.3 Å². The van der Waals surface area contributed by atoms with Crippen molar-refractivity contribution in [2.45, 2.75) is 26.7 Å². The molecule has 1 atom stereocenters. The third kappa shape index (κ3) is 2.23. The second kappa shape index (κ2) is 4.68. The number of likely N-dealkylation sites (tertiary alicyclic amines) is 1. The fourth-order valence-corrected chi connectivity index (χ4v) is 2.79. The number of pyridine rings is 1. The van der Waals surface area contributed by atoms with Gasteiger partial charge in [0.05, 0.1) is 0 Å². The van der Waals surface area contributed by atoms with Crippen molar-refractivity contribution >= 4 is 11.6 Å². The molecule has 0 aromatic carbocycles. The van der Waals surface area contributed by atoms with Crippen molar-refractivity contribution in [2.24, 2.45) is 5.92 Å². The normalized spacial score (nSPS) is 19.9. The molecule has 0 spiro atoms. The number of amides is 1. The Bertz CT molecular complexity index is 617. The van der Waals surface area contributed by atoms with E-state index >= 15 is 0 Å². The van der Waals surface area contributed by atoms with Crippen LogP contribution in [0.1, 0.15) is 35.8 Å². The molecule has 2 aromatic heterocycles. The Morgan fingerprint density at radius 1 is 1.47 bits per heavy atom. The molecule has 0 N–H and O–H groups in total. The van der Waals surface area contributed by atoms with Gasteiger partial charge in [0.1, 0.15) is 11.3 Å². The van der Waals surface area contributed by atoms with Gasteiger partial charge in [-0.25, -0.2) is 4.98 Å². The number of carbonyl (C=O) groups excluding carboxylic acids is 1. The van der Waals surface area contributed by atoms with Crippen LogP contribution in [0, 0.1) is 12.8 Å². The van der Waals surface area contributed by atoms with Gasteiger partial charge in [-0.1, -0.05) is 13.0 Å². The fraction of sp³-hybridized carbons (Fsp3) is 0.467. The molecule has 0 radical (unpaired) electrons. The minimum absolute atomic E-state index is 0.0645. The van der Waals surface area contributed by atoms with E-state index < -0.39 is 0 Å². The highest BCUT2D eigenvalue weighted by molar-refractivity contribution is 5.93. The number of piperidine rings is 1. The van der Waals surface area contributed by atoms with Crippen LogP contribution >= 0.6 is 0 Å². The van der Waals surface area contributed by atoms with Gasteiger partial charge in [0, 0.05) is 25.5 Å². The van der Waals surface area contributed by atoms with Gasteiger partial charge in [0.25, 0.3) is 5.91 Å². The Labute approximate surface area is 113 Å². The molecule has 4 nitrogen and oxygen atoms in total. The average Bonchev–Trinajstić information content (AvgIpc) is 2.83. The number of hydrogen-bond acceptors (Lipinski definition) is 2. The van der Waals surface area contributed by atoms with E-state index in [0.717, 1.165) is 30.7 Å². The molecule has 1 amide bonds. The van der Waals surface area contributed by atoms with Crippen LogP contribution in [-0.4, -0.2) is 33.3 Å². The van der Waals surface area contributed by atoms with E-state index in [-0.39, 0.29) is 5.91 Å². The van der Waals surface area contributed by atoms with Crippen molar-refractivity contribution in [1.29, 1.82) is 0 Å². The van der Waals surface area contributed by atoms with E-state index in [1.54, 1.807) is 0 Å². The maximum atomic E-state index is 12.5. The van der Waals surface area contributed by atoms with Gasteiger partial charge in [-0.3, -0.25) is 4.79 Å². The van der Waals surface area contributed by atoms with Crippen molar-refractivity contribution in [3.63, 3.8) is 0 Å². The summed E-state index contributed by atoms with van der Waals surface area (Å²) in [4.78, 5) is 18.9. The lowest BCUT2D eigenvalue weighted by Gasteiger charge is -2.30. The highest BCUT2D eigenvalue weighted by atomic mass is 16.2. The Morgan fingerprint density at radius 2 is 2.32 bits per heavy atom. The molecule has 0 bridgehead atoms. The SMILES string of the molecule is Cc1cccn2cc(C(=O)N3CCCC(C)C3)nc12. The van der Waals surface area contributed by atoms with Gasteiger partial charge in [-0.2, -0.15) is 0 Å². The number of fused-ring (bicyclic) bond motifs is 1. The van der Waals surface area contributed by atoms with Crippen LogP contribution in [-0.2, 0) is 0 Å². The highest BCUT2D eigenvalue weighted by Gasteiger charge is 2.23. The Balaban J connectivity index is 1.91. The van der Waals surface area contributed by atoms with Crippen molar-refractivity contribution < 1.29 is 4.79 Å². The van der Waals surface area contributed by atoms with Crippen LogP contribution in [0.3, 0.4) is 0 Å². The number of aromatic nitrogens is 2. The molecule has 100 valence electrons. The Hall–Kier alpha value is -1.84. The van der Waals surface area contributed by atoms with Crippen LogP contribution in [0.2, 0.25) is 0 Å². The third-order valence-corrected chi connectivity index (χ3v) is 3.84. The molecular formula is C15H19N3O. The number of rotatable bonds is 1. The van der Waals surface area contributed by atoms with Crippen LogP contribution < -0.4 is 0 Å². The largest absolute Gasteiger partial charge is 0.337 e. The topological polar surface area (TPSA) is 37.6 Å². The van der Waals surface area contributed by atoms with Gasteiger partial charge in [0.2, 0.25) is 0 Å². The molecule has 1 aliphatic heterocycles. The minimum atomic E-state index is 0.0645. The van der Waals surface area contributed by atoms with Crippen LogP contribution in [0.5, 0.6) is 0 Å². The predicted octanol–water partition coefficient (Wildman–Crippen LogP) is 2.51. The molecular weight excluding hydrogens is 238 g/mol. The summed E-state index contributed by atoms with van der Waals surface area (Å²) in [6, 6.07) is 3.99. The number of imidazole rings is 1. The van der Waals surface area contributed by atoms with Crippen LogP contribution in [0.4, 0.5) is 0 Å². The minimum Gasteiger partial charge on any atom is -0.337 e. The zero-order chi connectivity index (χ0) is 13.4. The van der Waals surface area contributed by atoms with Gasteiger partial charge >= 0.3 is 0 Å². The summed E-state index contributed by atoms with van der Waals surface area (Å²) < 4.78 is 1.93. The summed E-state index contributed by atoms with van der Waals surface area (Å²) in [7, 11) is 0. The lowest BCUT2D eigenvalue weighted by atomic mass is 10.0. The predicted molar refractivity (Wildman–Crippen MR) is 74.2 cm³/mol. The molecule has 1 fully saturated rings. The van der Waals surface area contributed by atoms with Crippen molar-refractivity contribution in [1.82, 2.24) is 14.3 Å². The molecule has 0 aliphatic carbocycles. The summed E-state index contributed by atoms with van der Waals surface area (Å²) in [6.45, 7) is 5.93. The highest BCUT2D eigenvalue weighted by Crippen LogP contribution is 2.18. The molecule has 3 heterocycles. The number of nitrogens with zero attached hydrogens (tertiary/aromatic N) is 3. The van der Waals surface area contributed by atoms with E-state index in [4.69, 9.17) is 0 Å². The van der Waals surface area contributed by atoms with Gasteiger partial charge in [0.15, 0.2) is 0 Å². The molecule has 1 saturated heterocycles. The molecule has 0 saturated carbocycles. The summed E-state index contributed by atoms with van der Waals surface area (Å²) >= 11 is 0. The van der Waals surface area contributed by atoms with E-state index in [0.29, 0.717) is 11.6 Å². The standard InChI is InChI=1S/C15H19N3O/c1-11-5-3-8-18(9-11)15(19)13-10-17-7-4-6-12(2)14(17)16-13/h4,6-7,10-11H,3,5,8-9H2,1-2H3. The van der Waals surface area contributed by atoms with Gasteiger partial charge < -0.3 is 9.30 Å². The summed E-state index contributed by atoms with van der Waals surface area (Å²) in [5.41, 5.74) is 2.52. The molecule has 19 heavy (non-hydrogen) atoms. The number of aryl methyl sites for hydroxylation is 1. The smallest absolute Gasteiger partial charge is 0.274 e. The first kappa shape index (κ1) is 12.2. The van der Waals surface area contributed by atoms with E-state index in [1.807, 2.05) is 40.8 Å². The van der Waals surface area contributed by atoms with Gasteiger partial charge in [-0.15, -0.1) is 0 Å². The monoisotopic (exact) mass is 257 g/mol. The quantitative estimate of drug-likeness (QED) is 0.787. The first-order valence-electron chi connectivity index (χ1n) is 6.89. The average molecular weight is 257 g/mol. The lowest BCUT2D eigenvalue weighted by molar-refractivity contribution is 0.0678. The van der Waals surface area contributed by atoms with E-state index in [9.17, 15) is 4.79 Å². The molecule has 4 heteroatoms. The molecule has 1 unspecified atom stereocenters. The van der Waals surface area contributed by atoms with E-state index in [2.05, 4.69) is 11.9 Å². The summed E-state index contributed by atoms with van der Waals surface area (Å²) in [5.74, 6) is 0.658. The Kier molecular flexibility index (Phi) is 3.01. The van der Waals surface area contributed by atoms with Crippen molar-refractivity contribution in [3.8, 4) is 0 Å². The first-order valence-corrected chi connectivity index (χ1v) is 6.89. The maximum absolute atomic E-state index is 12.5. The lowest BCUT2D eigenvalue weighted by Crippen LogP contribution is -2.39. The first-order chi connectivity index (χ1) is 9.15. The fourth-order valence-electron chi connectivity index (χ4n) is 2.79. The summed E-state index contributed by atoms with van der Waals surface area (Å²) in [5, 5.41) is 0. The molecule has 3 rings (SSSR count). The van der Waals surface area contributed by atoms with Crippen LogP contribution in [0.25, 0.3) is 5.65 Å². The van der Waals surface area contributed by atoms with E-state index in [1.165, 1.54) is 6.42 Å². The number of carbonyl (C=O) groups is 1. The Morgan fingerprint density at radius 3 is 3.05 bits per heavy atom. The van der Waals surface area contributed by atoms with Crippen molar-refractivity contribution in [3.05, 3.63) is 35.8 Å². The molecule has 1 aliphatic rings. The zero-order valence-corrected chi connectivity index (χ0v) is 11.5. The molecule has 2 aromatic rings. The van der Waals surface area contributed by atoms with Crippen molar-refractivity contribution in [2.75, 3.05) is 13.1 Å². The summed E-state index contributed by atoms with van der Waals surface area (Å²) in [6.07, 6.45) is 6.09. The second-order valence-electron chi connectivity index (χ2n) is 5.55. The second-order valence-corrected chi connectivity index (χ2v) is 5.55. The maximum Gasteiger partial charge on any atom is 0.274 e. The zero-order valence-electron chi connectivity index (χ0n) is 11.5. The third-order valence-electron chi connectivity index (χ3n) is 3.84. The number of hydrogen-bond donors (Lipinski definition) is 0. The van der Waals surface area contributed by atoms with Crippen LogP contribution in [0.15, 0.2) is 24.5 Å².